The van der Waals surface area contributed by atoms with Crippen molar-refractivity contribution in [3.63, 3.8) is 0 Å². The normalized spacial score (nSPS) is 30.6. The van der Waals surface area contributed by atoms with Crippen LogP contribution in [0.4, 0.5) is 0 Å². The van der Waals surface area contributed by atoms with Crippen molar-refractivity contribution in [3.05, 3.63) is 18.0 Å². The van der Waals surface area contributed by atoms with E-state index in [2.05, 4.69) is 5.10 Å². The molecule has 1 fully saturated rings. The van der Waals surface area contributed by atoms with Crippen LogP contribution in [0.1, 0.15) is 17.9 Å². The number of nitrogens with zero attached hydrogens (tertiary/aromatic N) is 2. The zero-order valence-corrected chi connectivity index (χ0v) is 5.99. The maximum atomic E-state index is 5.67. The molecule has 0 saturated heterocycles. The van der Waals surface area contributed by atoms with Gasteiger partial charge in [-0.3, -0.25) is 4.68 Å². The first kappa shape index (κ1) is 5.92. The fraction of sp³-hybridized carbons (Fsp3) is 0.571. The molecule has 2 rings (SSSR count). The van der Waals surface area contributed by atoms with Gasteiger partial charge in [-0.2, -0.15) is 5.10 Å². The molecule has 0 unspecified atom stereocenters. The number of hydrogen-bond acceptors (Lipinski definition) is 2. The first-order valence-corrected chi connectivity index (χ1v) is 3.51. The van der Waals surface area contributed by atoms with Gasteiger partial charge in [0.15, 0.2) is 0 Å². The summed E-state index contributed by atoms with van der Waals surface area (Å²) in [5.41, 5.74) is 6.96. The lowest BCUT2D eigenvalue weighted by atomic mass is 10.2. The molecule has 0 aliphatic heterocycles. The summed E-state index contributed by atoms with van der Waals surface area (Å²) in [6.07, 6.45) is 5.07. The third-order valence-corrected chi connectivity index (χ3v) is 1.99. The minimum atomic E-state index is 0.393. The van der Waals surface area contributed by atoms with Crippen LogP contribution in [-0.2, 0) is 7.05 Å². The van der Waals surface area contributed by atoms with Crippen molar-refractivity contribution in [2.45, 2.75) is 18.4 Å². The van der Waals surface area contributed by atoms with Crippen LogP contribution in [0.15, 0.2) is 12.4 Å². The number of nitrogens with two attached hydrogens (primary N) is 1. The molecule has 0 radical (unpaired) electrons. The number of aryl methyl sites for hydroxylation is 1. The summed E-state index contributed by atoms with van der Waals surface area (Å²) in [7, 11) is 1.93. The smallest absolute Gasteiger partial charge is 0.0525 e. The topological polar surface area (TPSA) is 43.8 Å². The molecule has 0 bridgehead atoms. The van der Waals surface area contributed by atoms with Crippen molar-refractivity contribution in [2.75, 3.05) is 0 Å². The molecule has 2 atom stereocenters. The Bertz CT molecular complexity index is 241. The predicted molar refractivity (Wildman–Crippen MR) is 38.5 cm³/mol. The Labute approximate surface area is 59.8 Å². The van der Waals surface area contributed by atoms with Gasteiger partial charge in [-0.15, -0.1) is 0 Å². The van der Waals surface area contributed by atoms with Gasteiger partial charge in [-0.25, -0.2) is 0 Å². The summed E-state index contributed by atoms with van der Waals surface area (Å²) in [5.74, 6) is 0.591. The van der Waals surface area contributed by atoms with Crippen molar-refractivity contribution in [1.29, 1.82) is 0 Å². The van der Waals surface area contributed by atoms with Crippen molar-refractivity contribution in [1.82, 2.24) is 9.78 Å². The Balaban J connectivity index is 2.20. The lowest BCUT2D eigenvalue weighted by Gasteiger charge is -1.86. The first-order valence-electron chi connectivity index (χ1n) is 3.51. The predicted octanol–water partition coefficient (Wildman–Crippen LogP) is 0.235. The summed E-state index contributed by atoms with van der Waals surface area (Å²) in [6, 6.07) is 0.393. The second-order valence-corrected chi connectivity index (χ2v) is 2.95. The van der Waals surface area contributed by atoms with E-state index in [9.17, 15) is 0 Å². The summed E-state index contributed by atoms with van der Waals surface area (Å²) < 4.78 is 1.82. The molecule has 1 aliphatic carbocycles. The minimum absolute atomic E-state index is 0.393. The molecule has 1 saturated carbocycles. The summed E-state index contributed by atoms with van der Waals surface area (Å²) in [6.45, 7) is 0. The Hall–Kier alpha value is -0.830. The zero-order valence-electron chi connectivity index (χ0n) is 5.99. The molecular weight excluding hydrogens is 126 g/mol. The van der Waals surface area contributed by atoms with Gasteiger partial charge >= 0.3 is 0 Å². The van der Waals surface area contributed by atoms with Crippen molar-refractivity contribution in [3.8, 4) is 0 Å². The van der Waals surface area contributed by atoms with E-state index in [4.69, 9.17) is 5.73 Å². The highest BCUT2D eigenvalue weighted by Gasteiger charge is 2.35. The SMILES string of the molecule is Cn1cc([C@H]2C[C@H]2N)cn1. The molecule has 3 heteroatoms. The average molecular weight is 137 g/mol. The van der Waals surface area contributed by atoms with Gasteiger partial charge in [-0.05, 0) is 12.0 Å². The van der Waals surface area contributed by atoms with Crippen LogP contribution in [0.3, 0.4) is 0 Å². The van der Waals surface area contributed by atoms with E-state index in [1.54, 1.807) is 0 Å². The highest BCUT2D eigenvalue weighted by atomic mass is 15.2. The molecular formula is C7H11N3. The monoisotopic (exact) mass is 137 g/mol. The van der Waals surface area contributed by atoms with Crippen LogP contribution in [0.25, 0.3) is 0 Å². The second-order valence-electron chi connectivity index (χ2n) is 2.95. The Kier molecular flexibility index (Phi) is 1.08. The van der Waals surface area contributed by atoms with Gasteiger partial charge in [0.2, 0.25) is 0 Å². The van der Waals surface area contributed by atoms with Gasteiger partial charge in [0.25, 0.3) is 0 Å². The highest BCUT2D eigenvalue weighted by molar-refractivity contribution is 5.22. The van der Waals surface area contributed by atoms with Crippen LogP contribution >= 0.6 is 0 Å². The lowest BCUT2D eigenvalue weighted by molar-refractivity contribution is 0.766. The molecule has 54 valence electrons. The molecule has 10 heavy (non-hydrogen) atoms. The molecule has 1 aliphatic rings. The Morgan fingerprint density at radius 2 is 2.50 bits per heavy atom. The molecule has 2 N–H and O–H groups in total. The third kappa shape index (κ3) is 0.827. The summed E-state index contributed by atoms with van der Waals surface area (Å²) >= 11 is 0. The largest absolute Gasteiger partial charge is 0.327 e. The quantitative estimate of drug-likeness (QED) is 0.602. The Morgan fingerprint density at radius 3 is 2.90 bits per heavy atom. The zero-order chi connectivity index (χ0) is 7.14. The molecule has 1 aromatic heterocycles. The van der Waals surface area contributed by atoms with Crippen LogP contribution in [0, 0.1) is 0 Å². The Morgan fingerprint density at radius 1 is 1.80 bits per heavy atom. The van der Waals surface area contributed by atoms with Gasteiger partial charge in [0.05, 0.1) is 6.20 Å². The summed E-state index contributed by atoms with van der Waals surface area (Å²) in [5, 5.41) is 4.07. The fourth-order valence-electron chi connectivity index (χ4n) is 1.23. The van der Waals surface area contributed by atoms with Crippen molar-refractivity contribution < 1.29 is 0 Å². The molecule has 0 amide bonds. The number of aromatic nitrogens is 2. The number of hydrogen-bond donors (Lipinski definition) is 1. The molecule has 3 nitrogen and oxygen atoms in total. The maximum absolute atomic E-state index is 5.67. The highest BCUT2D eigenvalue weighted by Crippen LogP contribution is 2.38. The second kappa shape index (κ2) is 1.83. The average Bonchev–Trinajstić information content (AvgIpc) is 2.42. The van der Waals surface area contributed by atoms with Crippen LogP contribution in [0.2, 0.25) is 0 Å². The molecule has 1 heterocycles. The molecule has 1 aromatic rings. The van der Waals surface area contributed by atoms with Crippen molar-refractivity contribution in [2.24, 2.45) is 12.8 Å². The first-order chi connectivity index (χ1) is 4.77. The minimum Gasteiger partial charge on any atom is -0.327 e. The fourth-order valence-corrected chi connectivity index (χ4v) is 1.23. The van der Waals surface area contributed by atoms with E-state index < -0.39 is 0 Å². The van der Waals surface area contributed by atoms with E-state index in [0.717, 1.165) is 6.42 Å². The van der Waals surface area contributed by atoms with Gasteiger partial charge in [-0.1, -0.05) is 0 Å². The lowest BCUT2D eigenvalue weighted by Crippen LogP contribution is -2.00. The van der Waals surface area contributed by atoms with Crippen LogP contribution < -0.4 is 5.73 Å². The van der Waals surface area contributed by atoms with E-state index in [1.807, 2.05) is 24.1 Å². The van der Waals surface area contributed by atoms with E-state index in [0.29, 0.717) is 12.0 Å². The van der Waals surface area contributed by atoms with Crippen LogP contribution in [0.5, 0.6) is 0 Å². The molecule has 0 aromatic carbocycles. The molecule has 0 spiro atoms. The van der Waals surface area contributed by atoms with Crippen LogP contribution in [-0.4, -0.2) is 15.8 Å². The van der Waals surface area contributed by atoms with Gasteiger partial charge in [0, 0.05) is 25.2 Å². The standard InChI is InChI=1S/C7H11N3/c1-10-4-5(3-9-10)6-2-7(6)8/h3-4,6-7H,2,8H2,1H3/t6-,7-/m1/s1. The van der Waals surface area contributed by atoms with E-state index in [-0.39, 0.29) is 0 Å². The van der Waals surface area contributed by atoms with Gasteiger partial charge < -0.3 is 5.73 Å². The maximum Gasteiger partial charge on any atom is 0.0525 e. The van der Waals surface area contributed by atoms with E-state index in [1.165, 1.54) is 5.56 Å². The van der Waals surface area contributed by atoms with E-state index >= 15 is 0 Å². The summed E-state index contributed by atoms with van der Waals surface area (Å²) in [4.78, 5) is 0. The number of rotatable bonds is 1. The van der Waals surface area contributed by atoms with Crippen molar-refractivity contribution >= 4 is 0 Å². The van der Waals surface area contributed by atoms with Gasteiger partial charge in [0.1, 0.15) is 0 Å². The third-order valence-electron chi connectivity index (χ3n) is 1.99.